The molecule has 29 heavy (non-hydrogen) atoms. The number of hydrogen-bond donors (Lipinski definition) is 1. The molecular weight excluding hydrogens is 400 g/mol. The number of benzene rings is 2. The van der Waals surface area contributed by atoms with E-state index in [4.69, 9.17) is 0 Å². The Hall–Kier alpha value is -2.90. The van der Waals surface area contributed by atoms with Gasteiger partial charge >= 0.3 is 0 Å². The third-order valence-electron chi connectivity index (χ3n) is 4.41. The minimum atomic E-state index is -0.134. The highest BCUT2D eigenvalue weighted by atomic mass is 32.1. The molecule has 0 unspecified atom stereocenters. The first kappa shape index (κ1) is 19.4. The van der Waals surface area contributed by atoms with E-state index in [1.807, 2.05) is 23.6 Å². The van der Waals surface area contributed by atoms with Crippen LogP contribution in [0.3, 0.4) is 0 Å². The number of amides is 1. The first-order valence-electron chi connectivity index (χ1n) is 9.39. The topological polar surface area (TPSA) is 67.8 Å². The summed E-state index contributed by atoms with van der Waals surface area (Å²) in [7, 11) is 0. The molecule has 146 valence electrons. The van der Waals surface area contributed by atoms with Gasteiger partial charge in [0, 0.05) is 17.4 Å². The number of carbonyl (C=O) groups is 1. The molecule has 1 amide bonds. The van der Waals surface area contributed by atoms with E-state index in [0.29, 0.717) is 11.6 Å². The molecule has 0 saturated carbocycles. The minimum Gasteiger partial charge on any atom is -0.300 e. The van der Waals surface area contributed by atoms with Crippen LogP contribution >= 0.6 is 22.7 Å². The summed E-state index contributed by atoms with van der Waals surface area (Å²) < 4.78 is 0. The second-order valence-electron chi connectivity index (χ2n) is 6.58. The summed E-state index contributed by atoms with van der Waals surface area (Å²) in [4.78, 5) is 17.0. The van der Waals surface area contributed by atoms with Crippen LogP contribution in [-0.2, 0) is 24.1 Å². The summed E-state index contributed by atoms with van der Waals surface area (Å²) in [6.07, 6.45) is 1.94. The highest BCUT2D eigenvalue weighted by molar-refractivity contribution is 7.15. The standard InChI is InChI=1S/C22H20N4OS2/c1-2-15-8-10-17(11-9-15)21-23-18(14-28-21)13-19(27)24-22-26-25-20(29-22)12-16-6-4-3-5-7-16/h3-11,14H,2,12-13H2,1H3,(H,24,26,27). The van der Waals surface area contributed by atoms with Crippen LogP contribution < -0.4 is 5.32 Å². The van der Waals surface area contributed by atoms with E-state index in [9.17, 15) is 4.79 Å². The fourth-order valence-corrected chi connectivity index (χ4v) is 4.49. The predicted octanol–water partition coefficient (Wildman–Crippen LogP) is 5.00. The molecule has 0 aliphatic rings. The Morgan fingerprint density at radius 3 is 2.55 bits per heavy atom. The van der Waals surface area contributed by atoms with Gasteiger partial charge in [0.15, 0.2) is 0 Å². The first-order chi connectivity index (χ1) is 14.2. The van der Waals surface area contributed by atoms with Crippen LogP contribution in [0.25, 0.3) is 10.6 Å². The van der Waals surface area contributed by atoms with Gasteiger partial charge in [-0.1, -0.05) is 72.9 Å². The van der Waals surface area contributed by atoms with Gasteiger partial charge in [0.25, 0.3) is 0 Å². The molecule has 5 nitrogen and oxygen atoms in total. The molecule has 2 aromatic heterocycles. The molecule has 0 spiro atoms. The lowest BCUT2D eigenvalue weighted by atomic mass is 10.1. The largest absolute Gasteiger partial charge is 0.300 e. The van der Waals surface area contributed by atoms with Crippen molar-refractivity contribution in [3.8, 4) is 10.6 Å². The number of nitrogens with one attached hydrogen (secondary N) is 1. The van der Waals surface area contributed by atoms with Crippen LogP contribution in [0, 0.1) is 0 Å². The maximum absolute atomic E-state index is 12.4. The summed E-state index contributed by atoms with van der Waals surface area (Å²) in [5.74, 6) is -0.134. The van der Waals surface area contributed by atoms with E-state index in [1.54, 1.807) is 11.3 Å². The third kappa shape index (κ3) is 5.13. The van der Waals surface area contributed by atoms with Gasteiger partial charge in [-0.25, -0.2) is 4.98 Å². The van der Waals surface area contributed by atoms with Gasteiger partial charge in [0.05, 0.1) is 12.1 Å². The SMILES string of the molecule is CCc1ccc(-c2nc(CC(=O)Nc3nnc(Cc4ccccc4)s3)cs2)cc1. The van der Waals surface area contributed by atoms with Crippen molar-refractivity contribution >= 4 is 33.7 Å². The fourth-order valence-electron chi connectivity index (χ4n) is 2.88. The Kier molecular flexibility index (Phi) is 6.07. The molecule has 2 heterocycles. The molecule has 0 saturated heterocycles. The van der Waals surface area contributed by atoms with Gasteiger partial charge < -0.3 is 5.32 Å². The van der Waals surface area contributed by atoms with Gasteiger partial charge in [-0.3, -0.25) is 4.79 Å². The maximum atomic E-state index is 12.4. The molecule has 0 fully saturated rings. The minimum absolute atomic E-state index is 0.134. The number of aromatic nitrogens is 3. The summed E-state index contributed by atoms with van der Waals surface area (Å²) in [6.45, 7) is 2.14. The Morgan fingerprint density at radius 2 is 1.79 bits per heavy atom. The Morgan fingerprint density at radius 1 is 1.00 bits per heavy atom. The van der Waals surface area contributed by atoms with Crippen LogP contribution in [0.4, 0.5) is 5.13 Å². The van der Waals surface area contributed by atoms with E-state index in [-0.39, 0.29) is 12.3 Å². The summed E-state index contributed by atoms with van der Waals surface area (Å²) in [6, 6.07) is 18.5. The van der Waals surface area contributed by atoms with Crippen molar-refractivity contribution in [2.45, 2.75) is 26.2 Å². The normalized spacial score (nSPS) is 10.8. The molecule has 4 aromatic rings. The van der Waals surface area contributed by atoms with Crippen molar-refractivity contribution in [3.63, 3.8) is 0 Å². The highest BCUT2D eigenvalue weighted by Gasteiger charge is 2.12. The second kappa shape index (κ2) is 9.07. The van der Waals surface area contributed by atoms with Crippen molar-refractivity contribution in [3.05, 3.63) is 81.8 Å². The van der Waals surface area contributed by atoms with E-state index in [0.717, 1.165) is 27.7 Å². The zero-order chi connectivity index (χ0) is 20.1. The van der Waals surface area contributed by atoms with E-state index >= 15 is 0 Å². The van der Waals surface area contributed by atoms with Gasteiger partial charge in [0.2, 0.25) is 11.0 Å². The average Bonchev–Trinajstić information content (AvgIpc) is 3.38. The van der Waals surface area contributed by atoms with Crippen LogP contribution in [0.2, 0.25) is 0 Å². The smallest absolute Gasteiger partial charge is 0.232 e. The van der Waals surface area contributed by atoms with E-state index in [1.165, 1.54) is 22.5 Å². The van der Waals surface area contributed by atoms with Crippen LogP contribution in [0.15, 0.2) is 60.0 Å². The first-order valence-corrected chi connectivity index (χ1v) is 11.1. The van der Waals surface area contributed by atoms with Crippen molar-refractivity contribution in [2.24, 2.45) is 0 Å². The van der Waals surface area contributed by atoms with E-state index in [2.05, 4.69) is 63.8 Å². The Balaban J connectivity index is 1.35. The molecule has 0 bridgehead atoms. The molecule has 2 aromatic carbocycles. The molecule has 7 heteroatoms. The number of carbonyl (C=O) groups excluding carboxylic acids is 1. The van der Waals surface area contributed by atoms with Crippen molar-refractivity contribution in [1.82, 2.24) is 15.2 Å². The maximum Gasteiger partial charge on any atom is 0.232 e. The quantitative estimate of drug-likeness (QED) is 0.457. The third-order valence-corrected chi connectivity index (χ3v) is 6.19. The number of nitrogens with zero attached hydrogens (tertiary/aromatic N) is 3. The molecule has 0 atom stereocenters. The fraction of sp³-hybridized carbons (Fsp3) is 0.182. The predicted molar refractivity (Wildman–Crippen MR) is 118 cm³/mol. The Bertz CT molecular complexity index is 1090. The number of hydrogen-bond acceptors (Lipinski definition) is 6. The second-order valence-corrected chi connectivity index (χ2v) is 8.50. The van der Waals surface area contributed by atoms with Crippen LogP contribution in [0.5, 0.6) is 0 Å². The van der Waals surface area contributed by atoms with Gasteiger partial charge in [-0.05, 0) is 17.5 Å². The van der Waals surface area contributed by atoms with Crippen LogP contribution in [-0.4, -0.2) is 21.1 Å². The number of rotatable bonds is 7. The lowest BCUT2D eigenvalue weighted by Crippen LogP contribution is -2.14. The monoisotopic (exact) mass is 420 g/mol. The van der Waals surface area contributed by atoms with Gasteiger partial charge in [0.1, 0.15) is 10.0 Å². The van der Waals surface area contributed by atoms with Crippen molar-refractivity contribution in [1.29, 1.82) is 0 Å². The lowest BCUT2D eigenvalue weighted by molar-refractivity contribution is -0.115. The molecule has 4 rings (SSSR count). The number of aryl methyl sites for hydroxylation is 1. The molecule has 1 N–H and O–H groups in total. The summed E-state index contributed by atoms with van der Waals surface area (Å²) in [5.41, 5.74) is 4.31. The number of anilines is 1. The zero-order valence-corrected chi connectivity index (χ0v) is 17.6. The lowest BCUT2D eigenvalue weighted by Gasteiger charge is -2.00. The average molecular weight is 421 g/mol. The van der Waals surface area contributed by atoms with E-state index < -0.39 is 0 Å². The van der Waals surface area contributed by atoms with Gasteiger partial charge in [-0.15, -0.1) is 21.5 Å². The molecule has 0 radical (unpaired) electrons. The van der Waals surface area contributed by atoms with Crippen LogP contribution in [0.1, 0.15) is 28.8 Å². The summed E-state index contributed by atoms with van der Waals surface area (Å²) in [5, 5.41) is 15.3. The number of thiazole rings is 1. The molecule has 0 aliphatic heterocycles. The van der Waals surface area contributed by atoms with Gasteiger partial charge in [-0.2, -0.15) is 0 Å². The summed E-state index contributed by atoms with van der Waals surface area (Å²) >= 11 is 2.95. The molecular formula is C22H20N4OS2. The zero-order valence-electron chi connectivity index (χ0n) is 16.0. The van der Waals surface area contributed by atoms with Crippen molar-refractivity contribution in [2.75, 3.05) is 5.32 Å². The van der Waals surface area contributed by atoms with Crippen molar-refractivity contribution < 1.29 is 4.79 Å². The Labute approximate surface area is 177 Å². The molecule has 0 aliphatic carbocycles. The highest BCUT2D eigenvalue weighted by Crippen LogP contribution is 2.25.